The van der Waals surface area contributed by atoms with E-state index in [2.05, 4.69) is 89.8 Å². The zero-order valence-corrected chi connectivity index (χ0v) is 18.9. The van der Waals surface area contributed by atoms with Gasteiger partial charge in [-0.2, -0.15) is 0 Å². The number of aryl methyl sites for hydroxylation is 2. The van der Waals surface area contributed by atoms with Crippen LogP contribution in [0.1, 0.15) is 44.4 Å². The summed E-state index contributed by atoms with van der Waals surface area (Å²) in [6, 6.07) is 13.5. The lowest BCUT2D eigenvalue weighted by molar-refractivity contribution is 0.449. The van der Waals surface area contributed by atoms with Crippen LogP contribution >= 0.6 is 15.9 Å². The molecule has 2 aliphatic heterocycles. The monoisotopic (exact) mass is 448 g/mol. The summed E-state index contributed by atoms with van der Waals surface area (Å²) in [7, 11) is 0. The predicted molar refractivity (Wildman–Crippen MR) is 122 cm³/mol. The van der Waals surface area contributed by atoms with Gasteiger partial charge in [-0.1, -0.05) is 61.8 Å². The average molecular weight is 449 g/mol. The number of halogens is 1. The van der Waals surface area contributed by atoms with E-state index < -0.39 is 0 Å². The molecule has 1 aromatic heterocycles. The van der Waals surface area contributed by atoms with E-state index in [1.807, 2.05) is 0 Å². The molecule has 0 fully saturated rings. The van der Waals surface area contributed by atoms with Crippen LogP contribution in [0.5, 0.6) is 0 Å². The highest BCUT2D eigenvalue weighted by atomic mass is 79.9. The summed E-state index contributed by atoms with van der Waals surface area (Å²) in [6.07, 6.45) is 5.73. The van der Waals surface area contributed by atoms with E-state index in [4.69, 9.17) is 9.97 Å². The lowest BCUT2D eigenvalue weighted by Gasteiger charge is -2.36. The fourth-order valence-corrected chi connectivity index (χ4v) is 5.40. The smallest absolute Gasteiger partial charge is 0.178 e. The molecule has 1 unspecified atom stereocenters. The first-order valence-corrected chi connectivity index (χ1v) is 11.1. The number of nitrogens with zero attached hydrogens (tertiary/aromatic N) is 4. The van der Waals surface area contributed by atoms with Gasteiger partial charge in [-0.3, -0.25) is 0 Å². The number of rotatable bonds is 3. The summed E-state index contributed by atoms with van der Waals surface area (Å²) in [4.78, 5) is 14.2. The molecule has 0 saturated heterocycles. The molecule has 5 rings (SSSR count). The van der Waals surface area contributed by atoms with Crippen LogP contribution in [-0.2, 0) is 18.3 Å². The largest absolute Gasteiger partial charge is 0.301 e. The van der Waals surface area contributed by atoms with E-state index in [9.17, 15) is 0 Å². The molecule has 29 heavy (non-hydrogen) atoms. The van der Waals surface area contributed by atoms with Gasteiger partial charge in [0.1, 0.15) is 6.17 Å². The van der Waals surface area contributed by atoms with Gasteiger partial charge < -0.3 is 9.80 Å². The van der Waals surface area contributed by atoms with Crippen molar-refractivity contribution in [3.63, 3.8) is 0 Å². The summed E-state index contributed by atoms with van der Waals surface area (Å²) in [5.41, 5.74) is 6.34. The topological polar surface area (TPSA) is 32.3 Å². The van der Waals surface area contributed by atoms with Crippen molar-refractivity contribution in [2.45, 2.75) is 52.1 Å². The Kier molecular flexibility index (Phi) is 4.21. The molecule has 2 aliphatic rings. The van der Waals surface area contributed by atoms with Crippen molar-refractivity contribution in [2.24, 2.45) is 0 Å². The molecular formula is C24H25BrN4. The van der Waals surface area contributed by atoms with Gasteiger partial charge in [-0.15, -0.1) is 0 Å². The van der Waals surface area contributed by atoms with Crippen LogP contribution in [0.3, 0.4) is 0 Å². The minimum atomic E-state index is -0.0915. The minimum absolute atomic E-state index is 0.0915. The van der Waals surface area contributed by atoms with Crippen LogP contribution < -0.4 is 9.80 Å². The second-order valence-electron chi connectivity index (χ2n) is 8.37. The van der Waals surface area contributed by atoms with Gasteiger partial charge in [0.15, 0.2) is 11.6 Å². The summed E-state index contributed by atoms with van der Waals surface area (Å²) >= 11 is 3.78. The second-order valence-corrected chi connectivity index (χ2v) is 9.23. The maximum Gasteiger partial charge on any atom is 0.178 e. The van der Waals surface area contributed by atoms with Crippen LogP contribution in [0.25, 0.3) is 0 Å². The van der Waals surface area contributed by atoms with Crippen molar-refractivity contribution in [3.05, 3.63) is 70.0 Å². The fourth-order valence-electron chi connectivity index (χ4n) is 4.79. The quantitative estimate of drug-likeness (QED) is 0.472. The van der Waals surface area contributed by atoms with Crippen molar-refractivity contribution >= 4 is 38.9 Å². The number of fused-ring (bicyclic) bond motifs is 5. The molecule has 3 heterocycles. The van der Waals surface area contributed by atoms with Gasteiger partial charge in [0.25, 0.3) is 0 Å². The molecule has 0 spiro atoms. The fraction of sp³-hybridized carbons (Fsp3) is 0.333. The number of benzene rings is 2. The zero-order valence-electron chi connectivity index (χ0n) is 17.3. The van der Waals surface area contributed by atoms with E-state index >= 15 is 0 Å². The van der Waals surface area contributed by atoms with E-state index in [-0.39, 0.29) is 11.6 Å². The molecule has 0 saturated carbocycles. The Morgan fingerprint density at radius 2 is 1.59 bits per heavy atom. The maximum atomic E-state index is 4.75. The highest BCUT2D eigenvalue weighted by molar-refractivity contribution is 9.10. The molecule has 148 valence electrons. The summed E-state index contributed by atoms with van der Waals surface area (Å²) in [5, 5.41) is 0. The Hall–Kier alpha value is -2.40. The lowest BCUT2D eigenvalue weighted by atomic mass is 9.82. The molecular weight excluding hydrogens is 424 g/mol. The molecule has 0 bridgehead atoms. The van der Waals surface area contributed by atoms with Gasteiger partial charge >= 0.3 is 0 Å². The number of hydrogen-bond acceptors (Lipinski definition) is 4. The SMILES string of the molecule is CCc1ccc(N2c3nccnc3N3c4cc(Br)c(CC)cc4C(C)(C)C23)cc1. The summed E-state index contributed by atoms with van der Waals surface area (Å²) in [5.74, 6) is 1.86. The van der Waals surface area contributed by atoms with Gasteiger partial charge in [0.2, 0.25) is 0 Å². The van der Waals surface area contributed by atoms with Gasteiger partial charge in [-0.05, 0) is 47.7 Å². The first kappa shape index (κ1) is 18.6. The first-order chi connectivity index (χ1) is 14.0. The van der Waals surface area contributed by atoms with Crippen LogP contribution in [0, 0.1) is 0 Å². The Labute approximate surface area is 180 Å². The van der Waals surface area contributed by atoms with Crippen LogP contribution in [0.4, 0.5) is 23.0 Å². The van der Waals surface area contributed by atoms with E-state index in [0.717, 1.165) is 34.6 Å². The van der Waals surface area contributed by atoms with Crippen molar-refractivity contribution < 1.29 is 0 Å². The van der Waals surface area contributed by atoms with E-state index in [1.54, 1.807) is 12.4 Å². The number of anilines is 4. The molecule has 3 aromatic rings. The van der Waals surface area contributed by atoms with Crippen molar-refractivity contribution in [1.29, 1.82) is 0 Å². The predicted octanol–water partition coefficient (Wildman–Crippen LogP) is 6.27. The average Bonchev–Trinajstić information content (AvgIpc) is 3.19. The van der Waals surface area contributed by atoms with Crippen LogP contribution in [0.15, 0.2) is 53.3 Å². The van der Waals surface area contributed by atoms with Gasteiger partial charge in [0.05, 0.1) is 0 Å². The highest BCUT2D eigenvalue weighted by Gasteiger charge is 2.55. The minimum Gasteiger partial charge on any atom is -0.301 e. The Bertz CT molecular complexity index is 1090. The van der Waals surface area contributed by atoms with Crippen molar-refractivity contribution in [2.75, 3.05) is 9.80 Å². The molecule has 1 atom stereocenters. The van der Waals surface area contributed by atoms with E-state index in [0.29, 0.717) is 0 Å². The normalized spacial score (nSPS) is 18.6. The maximum absolute atomic E-state index is 4.75. The van der Waals surface area contributed by atoms with E-state index in [1.165, 1.54) is 22.4 Å². The molecule has 0 amide bonds. The number of hydrogen-bond donors (Lipinski definition) is 0. The van der Waals surface area contributed by atoms with Gasteiger partial charge in [0, 0.05) is 33.7 Å². The van der Waals surface area contributed by atoms with Crippen molar-refractivity contribution in [1.82, 2.24) is 9.97 Å². The second kappa shape index (κ2) is 6.56. The first-order valence-electron chi connectivity index (χ1n) is 10.3. The van der Waals surface area contributed by atoms with Gasteiger partial charge in [-0.25, -0.2) is 9.97 Å². The lowest BCUT2D eigenvalue weighted by Crippen LogP contribution is -2.46. The molecule has 5 heteroatoms. The van der Waals surface area contributed by atoms with Crippen LogP contribution in [-0.4, -0.2) is 16.1 Å². The van der Waals surface area contributed by atoms with Crippen molar-refractivity contribution in [3.8, 4) is 0 Å². The molecule has 0 aliphatic carbocycles. The molecule has 0 N–H and O–H groups in total. The molecule has 2 aromatic carbocycles. The number of aromatic nitrogens is 2. The third-order valence-electron chi connectivity index (χ3n) is 6.37. The summed E-state index contributed by atoms with van der Waals surface area (Å²) in [6.45, 7) is 9.07. The molecule has 0 radical (unpaired) electrons. The Balaban J connectivity index is 1.74. The third-order valence-corrected chi connectivity index (χ3v) is 7.11. The zero-order chi connectivity index (χ0) is 20.3. The van der Waals surface area contributed by atoms with Crippen LogP contribution in [0.2, 0.25) is 0 Å². The standard InChI is InChI=1S/C24H25BrN4/c1-5-15-7-9-17(10-8-15)28-21-22(27-12-11-26-21)29-20-14-19(25)16(6-2)13-18(20)24(3,4)23(28)29/h7-14,23H,5-6H2,1-4H3. The molecule has 4 nitrogen and oxygen atoms in total. The third kappa shape index (κ3) is 2.56. The Morgan fingerprint density at radius 1 is 0.931 bits per heavy atom. The Morgan fingerprint density at radius 3 is 2.21 bits per heavy atom. The highest BCUT2D eigenvalue weighted by Crippen LogP contribution is 2.58. The summed E-state index contributed by atoms with van der Waals surface area (Å²) < 4.78 is 1.16.